The summed E-state index contributed by atoms with van der Waals surface area (Å²) in [7, 11) is 1.54. The van der Waals surface area contributed by atoms with Gasteiger partial charge in [0.25, 0.3) is 11.7 Å². The molecule has 33 heavy (non-hydrogen) atoms. The van der Waals surface area contributed by atoms with Gasteiger partial charge in [-0.1, -0.05) is 43.3 Å². The van der Waals surface area contributed by atoms with E-state index in [9.17, 15) is 14.7 Å². The number of nitrogens with zero attached hydrogens (tertiary/aromatic N) is 2. The SMILES string of the molecule is CCc1ccc(C2/C(=C(\O)c3cccc(OC)c3)C(=O)C(=O)N2CCN2CCOCC2)cc1. The minimum atomic E-state index is -0.665. The molecule has 0 radical (unpaired) electrons. The van der Waals surface area contributed by atoms with Gasteiger partial charge in [-0.25, -0.2) is 0 Å². The van der Waals surface area contributed by atoms with Crippen LogP contribution in [0.4, 0.5) is 0 Å². The van der Waals surface area contributed by atoms with Gasteiger partial charge in [-0.3, -0.25) is 14.5 Å². The smallest absolute Gasteiger partial charge is 0.295 e. The number of aliphatic hydroxyl groups excluding tert-OH is 1. The van der Waals surface area contributed by atoms with Crippen LogP contribution in [0.5, 0.6) is 5.75 Å². The number of hydrogen-bond acceptors (Lipinski definition) is 6. The molecule has 2 saturated heterocycles. The Morgan fingerprint density at radius 1 is 1.09 bits per heavy atom. The van der Waals surface area contributed by atoms with Crippen LogP contribution in [0.2, 0.25) is 0 Å². The lowest BCUT2D eigenvalue weighted by Crippen LogP contribution is -2.42. The summed E-state index contributed by atoms with van der Waals surface area (Å²) in [4.78, 5) is 30.1. The zero-order valence-corrected chi connectivity index (χ0v) is 19.1. The molecular weight excluding hydrogens is 420 g/mol. The first kappa shape index (κ1) is 23.0. The molecule has 2 aromatic rings. The van der Waals surface area contributed by atoms with Crippen molar-refractivity contribution < 1.29 is 24.2 Å². The van der Waals surface area contributed by atoms with E-state index in [1.165, 1.54) is 0 Å². The summed E-state index contributed by atoms with van der Waals surface area (Å²) in [5.41, 5.74) is 2.52. The number of benzene rings is 2. The third kappa shape index (κ3) is 4.79. The number of rotatable bonds is 7. The van der Waals surface area contributed by atoms with Crippen LogP contribution in [-0.4, -0.2) is 73.1 Å². The lowest BCUT2D eigenvalue weighted by Gasteiger charge is -2.31. The molecule has 0 aromatic heterocycles. The first-order valence-electron chi connectivity index (χ1n) is 11.3. The van der Waals surface area contributed by atoms with Gasteiger partial charge < -0.3 is 19.5 Å². The molecule has 2 aromatic carbocycles. The zero-order chi connectivity index (χ0) is 23.4. The minimum Gasteiger partial charge on any atom is -0.507 e. The molecular formula is C26H30N2O5. The molecule has 1 unspecified atom stereocenters. The molecule has 174 valence electrons. The minimum absolute atomic E-state index is 0.111. The molecule has 2 fully saturated rings. The molecule has 0 bridgehead atoms. The van der Waals surface area contributed by atoms with Crippen LogP contribution in [0.15, 0.2) is 54.1 Å². The molecule has 1 N–H and O–H groups in total. The van der Waals surface area contributed by atoms with Gasteiger partial charge in [-0.15, -0.1) is 0 Å². The van der Waals surface area contributed by atoms with Crippen molar-refractivity contribution >= 4 is 17.4 Å². The average molecular weight is 451 g/mol. The summed E-state index contributed by atoms with van der Waals surface area (Å²) in [6.45, 7) is 6.02. The van der Waals surface area contributed by atoms with Gasteiger partial charge >= 0.3 is 0 Å². The summed E-state index contributed by atoms with van der Waals surface area (Å²) in [5, 5.41) is 11.2. The highest BCUT2D eigenvalue weighted by molar-refractivity contribution is 6.46. The molecule has 0 saturated carbocycles. The Kier molecular flexibility index (Phi) is 7.11. The van der Waals surface area contributed by atoms with Crippen LogP contribution >= 0.6 is 0 Å². The van der Waals surface area contributed by atoms with Crippen molar-refractivity contribution in [1.82, 2.24) is 9.80 Å². The molecule has 2 heterocycles. The van der Waals surface area contributed by atoms with Crippen molar-refractivity contribution in [1.29, 1.82) is 0 Å². The van der Waals surface area contributed by atoms with Gasteiger partial charge in [0, 0.05) is 31.7 Å². The summed E-state index contributed by atoms with van der Waals surface area (Å²) in [6, 6.07) is 14.1. The Morgan fingerprint density at radius 2 is 1.82 bits per heavy atom. The number of ether oxygens (including phenoxy) is 2. The Morgan fingerprint density at radius 3 is 2.48 bits per heavy atom. The van der Waals surface area contributed by atoms with Crippen molar-refractivity contribution in [3.63, 3.8) is 0 Å². The van der Waals surface area contributed by atoms with Gasteiger partial charge in [0.2, 0.25) is 0 Å². The van der Waals surface area contributed by atoms with E-state index in [2.05, 4.69) is 11.8 Å². The number of aliphatic hydroxyl groups is 1. The fourth-order valence-corrected chi connectivity index (χ4v) is 4.39. The fraction of sp³-hybridized carbons (Fsp3) is 0.385. The van der Waals surface area contributed by atoms with Gasteiger partial charge in [0.1, 0.15) is 11.5 Å². The Balaban J connectivity index is 1.74. The maximum Gasteiger partial charge on any atom is 0.295 e. The molecule has 2 aliphatic heterocycles. The van der Waals surface area contributed by atoms with Crippen LogP contribution in [-0.2, 0) is 20.7 Å². The second-order valence-corrected chi connectivity index (χ2v) is 8.27. The monoisotopic (exact) mass is 450 g/mol. The summed E-state index contributed by atoms with van der Waals surface area (Å²) >= 11 is 0. The van der Waals surface area contributed by atoms with Crippen molar-refractivity contribution in [3.05, 3.63) is 70.8 Å². The van der Waals surface area contributed by atoms with Gasteiger partial charge in [-0.05, 0) is 29.7 Å². The first-order chi connectivity index (χ1) is 16.0. The lowest BCUT2D eigenvalue weighted by molar-refractivity contribution is -0.140. The van der Waals surface area contributed by atoms with Crippen LogP contribution in [0.3, 0.4) is 0 Å². The Bertz CT molecular complexity index is 1040. The standard InChI is InChI=1S/C26H30N2O5/c1-3-18-7-9-19(10-8-18)23-22(24(29)20-5-4-6-21(17-20)32-2)25(30)26(31)28(23)12-11-27-13-15-33-16-14-27/h4-10,17,23,29H,3,11-16H2,1-2H3/b24-22+. The highest BCUT2D eigenvalue weighted by Crippen LogP contribution is 2.39. The van der Waals surface area contributed by atoms with Gasteiger partial charge in [-0.2, -0.15) is 0 Å². The van der Waals surface area contributed by atoms with Crippen molar-refractivity contribution in [2.24, 2.45) is 0 Å². The van der Waals surface area contributed by atoms with E-state index in [1.807, 2.05) is 24.3 Å². The lowest BCUT2D eigenvalue weighted by atomic mass is 9.94. The number of methoxy groups -OCH3 is 1. The summed E-state index contributed by atoms with van der Waals surface area (Å²) in [6.07, 6.45) is 0.890. The number of likely N-dealkylation sites (tertiary alicyclic amines) is 1. The van der Waals surface area contributed by atoms with Crippen molar-refractivity contribution in [3.8, 4) is 5.75 Å². The van der Waals surface area contributed by atoms with Crippen LogP contribution < -0.4 is 4.74 Å². The second kappa shape index (κ2) is 10.2. The number of amides is 1. The highest BCUT2D eigenvalue weighted by Gasteiger charge is 2.46. The number of Topliss-reactive ketones (excluding diaryl/α,β-unsaturated/α-hetero) is 1. The highest BCUT2D eigenvalue weighted by atomic mass is 16.5. The molecule has 1 atom stereocenters. The van der Waals surface area contributed by atoms with E-state index in [4.69, 9.17) is 9.47 Å². The van der Waals surface area contributed by atoms with Crippen LogP contribution in [0, 0.1) is 0 Å². The van der Waals surface area contributed by atoms with Gasteiger partial charge in [0.15, 0.2) is 0 Å². The quantitative estimate of drug-likeness (QED) is 0.397. The summed E-state index contributed by atoms with van der Waals surface area (Å²) in [5.74, 6) is -0.880. The Labute approximate surface area is 194 Å². The largest absolute Gasteiger partial charge is 0.507 e. The molecule has 4 rings (SSSR count). The van der Waals surface area contributed by atoms with E-state index in [0.29, 0.717) is 37.6 Å². The number of aryl methyl sites for hydroxylation is 1. The predicted octanol–water partition coefficient (Wildman–Crippen LogP) is 3.01. The van der Waals surface area contributed by atoms with Gasteiger partial charge in [0.05, 0.1) is 31.9 Å². The van der Waals surface area contributed by atoms with E-state index in [1.54, 1.807) is 36.3 Å². The fourth-order valence-electron chi connectivity index (χ4n) is 4.39. The number of ketones is 1. The third-order valence-electron chi connectivity index (χ3n) is 6.35. The number of morpholine rings is 1. The molecule has 1 amide bonds. The van der Waals surface area contributed by atoms with Crippen LogP contribution in [0.25, 0.3) is 5.76 Å². The van der Waals surface area contributed by atoms with E-state index < -0.39 is 17.7 Å². The molecule has 0 aliphatic carbocycles. The van der Waals surface area contributed by atoms with E-state index >= 15 is 0 Å². The second-order valence-electron chi connectivity index (χ2n) is 8.27. The number of hydrogen-bond donors (Lipinski definition) is 1. The molecule has 0 spiro atoms. The van der Waals surface area contributed by atoms with E-state index in [0.717, 1.165) is 30.6 Å². The van der Waals surface area contributed by atoms with E-state index in [-0.39, 0.29) is 11.3 Å². The number of carbonyl (C=O) groups excluding carboxylic acids is 2. The normalized spacial score (nSPS) is 20.9. The first-order valence-corrected chi connectivity index (χ1v) is 11.3. The summed E-state index contributed by atoms with van der Waals surface area (Å²) < 4.78 is 10.7. The zero-order valence-electron chi connectivity index (χ0n) is 19.1. The van der Waals surface area contributed by atoms with Crippen molar-refractivity contribution in [2.45, 2.75) is 19.4 Å². The Hall–Kier alpha value is -3.16. The number of carbonyl (C=O) groups is 2. The average Bonchev–Trinajstić information content (AvgIpc) is 3.12. The maximum absolute atomic E-state index is 13.2. The predicted molar refractivity (Wildman–Crippen MR) is 125 cm³/mol. The topological polar surface area (TPSA) is 79.3 Å². The third-order valence-corrected chi connectivity index (χ3v) is 6.35. The molecule has 2 aliphatic rings. The molecule has 7 nitrogen and oxygen atoms in total. The van der Waals surface area contributed by atoms with Crippen molar-refractivity contribution in [2.75, 3.05) is 46.5 Å². The molecule has 7 heteroatoms. The van der Waals surface area contributed by atoms with Crippen LogP contribution in [0.1, 0.15) is 29.7 Å². The maximum atomic E-state index is 13.2.